The van der Waals surface area contributed by atoms with Crippen molar-refractivity contribution in [3.8, 4) is 0 Å². The van der Waals surface area contributed by atoms with Gasteiger partial charge in [-0.05, 0) is 24.3 Å². The predicted molar refractivity (Wildman–Crippen MR) is 80.2 cm³/mol. The third-order valence-corrected chi connectivity index (χ3v) is 3.15. The number of hydrogen-bond acceptors (Lipinski definition) is 3. The van der Waals surface area contributed by atoms with E-state index in [0.717, 1.165) is 0 Å². The molecule has 0 aliphatic heterocycles. The van der Waals surface area contributed by atoms with E-state index < -0.39 is 10.8 Å². The van der Waals surface area contributed by atoms with Crippen LogP contribution in [0.4, 0.5) is 11.4 Å². The van der Waals surface area contributed by atoms with Gasteiger partial charge in [-0.1, -0.05) is 39.7 Å². The highest BCUT2D eigenvalue weighted by Gasteiger charge is 2.16. The fourth-order valence-electron chi connectivity index (χ4n) is 1.62. The van der Waals surface area contributed by atoms with Gasteiger partial charge < -0.3 is 5.32 Å². The van der Waals surface area contributed by atoms with Crippen LogP contribution in [-0.2, 0) is 0 Å². The second-order valence-electron chi connectivity index (χ2n) is 3.89. The van der Waals surface area contributed by atoms with Gasteiger partial charge in [0, 0.05) is 21.1 Å². The van der Waals surface area contributed by atoms with Gasteiger partial charge >= 0.3 is 0 Å². The van der Waals surface area contributed by atoms with E-state index in [1.54, 1.807) is 18.2 Å². The van der Waals surface area contributed by atoms with Gasteiger partial charge in [0.1, 0.15) is 5.69 Å². The molecular formula is C13H8BrClN2O3. The van der Waals surface area contributed by atoms with Crippen molar-refractivity contribution in [1.29, 1.82) is 0 Å². The van der Waals surface area contributed by atoms with Crippen molar-refractivity contribution in [3.63, 3.8) is 0 Å². The van der Waals surface area contributed by atoms with Gasteiger partial charge in [-0.3, -0.25) is 14.9 Å². The Labute approximate surface area is 127 Å². The van der Waals surface area contributed by atoms with E-state index in [1.807, 2.05) is 0 Å². The molecule has 0 fully saturated rings. The number of nitro benzene ring substituents is 1. The lowest BCUT2D eigenvalue weighted by Gasteiger charge is -2.06. The monoisotopic (exact) mass is 354 g/mol. The molecule has 2 rings (SSSR count). The second kappa shape index (κ2) is 6.02. The molecule has 0 saturated carbocycles. The molecule has 7 heteroatoms. The summed E-state index contributed by atoms with van der Waals surface area (Å²) in [6.07, 6.45) is 0. The second-order valence-corrected chi connectivity index (χ2v) is 5.24. The molecule has 0 atom stereocenters. The summed E-state index contributed by atoms with van der Waals surface area (Å²) in [5.74, 6) is -0.470. The summed E-state index contributed by atoms with van der Waals surface area (Å²) in [6, 6.07) is 10.6. The fourth-order valence-corrected chi connectivity index (χ4v) is 2.48. The average Bonchev–Trinajstić information content (AvgIpc) is 2.37. The molecule has 5 nitrogen and oxygen atoms in total. The number of para-hydroxylation sites is 2. The van der Waals surface area contributed by atoms with Crippen molar-refractivity contribution in [3.05, 3.63) is 67.6 Å². The lowest BCUT2D eigenvalue weighted by Crippen LogP contribution is -2.13. The zero-order valence-corrected chi connectivity index (χ0v) is 12.3. The minimum absolute atomic E-state index is 0.138. The number of carbonyl (C=O) groups is 1. The van der Waals surface area contributed by atoms with Crippen LogP contribution < -0.4 is 5.32 Å². The first-order chi connectivity index (χ1) is 9.47. The zero-order valence-electron chi connectivity index (χ0n) is 9.97. The number of benzene rings is 2. The van der Waals surface area contributed by atoms with E-state index in [1.165, 1.54) is 24.3 Å². The van der Waals surface area contributed by atoms with E-state index in [9.17, 15) is 14.9 Å². The van der Waals surface area contributed by atoms with Crippen LogP contribution in [0.5, 0.6) is 0 Å². The number of halogens is 2. The van der Waals surface area contributed by atoms with E-state index in [2.05, 4.69) is 21.2 Å². The molecule has 0 heterocycles. The molecule has 0 saturated heterocycles. The largest absolute Gasteiger partial charge is 0.316 e. The highest BCUT2D eigenvalue weighted by atomic mass is 79.9. The SMILES string of the molecule is O=C(Nc1ccccc1[N+](=O)[O-])c1cc(Cl)cc(Br)c1. The third-order valence-electron chi connectivity index (χ3n) is 2.47. The number of amides is 1. The number of nitrogens with zero attached hydrogens (tertiary/aromatic N) is 1. The first kappa shape index (κ1) is 14.5. The number of nitrogens with one attached hydrogen (secondary N) is 1. The van der Waals surface area contributed by atoms with Crippen LogP contribution in [0.1, 0.15) is 10.4 Å². The normalized spacial score (nSPS) is 10.1. The quantitative estimate of drug-likeness (QED) is 0.660. The van der Waals surface area contributed by atoms with Gasteiger partial charge in [-0.15, -0.1) is 0 Å². The van der Waals surface area contributed by atoms with Gasteiger partial charge in [-0.25, -0.2) is 0 Å². The molecule has 2 aromatic carbocycles. The molecule has 1 N–H and O–H groups in total. The Morgan fingerprint density at radius 3 is 2.60 bits per heavy atom. The van der Waals surface area contributed by atoms with Crippen LogP contribution in [0.15, 0.2) is 46.9 Å². The highest BCUT2D eigenvalue weighted by molar-refractivity contribution is 9.10. The van der Waals surface area contributed by atoms with Crippen molar-refractivity contribution in [2.75, 3.05) is 5.32 Å². The van der Waals surface area contributed by atoms with Crippen molar-refractivity contribution in [1.82, 2.24) is 0 Å². The minimum atomic E-state index is -0.552. The molecule has 0 aromatic heterocycles. The molecule has 0 aliphatic rings. The Hall–Kier alpha value is -1.92. The summed E-state index contributed by atoms with van der Waals surface area (Å²) in [5.41, 5.74) is 0.281. The summed E-state index contributed by atoms with van der Waals surface area (Å²) in [6.45, 7) is 0. The maximum atomic E-state index is 12.1. The maximum Gasteiger partial charge on any atom is 0.292 e. The van der Waals surface area contributed by atoms with Crippen molar-refractivity contribution >= 4 is 44.8 Å². The highest BCUT2D eigenvalue weighted by Crippen LogP contribution is 2.25. The van der Waals surface area contributed by atoms with Crippen molar-refractivity contribution in [2.45, 2.75) is 0 Å². The van der Waals surface area contributed by atoms with Gasteiger partial charge in [0.25, 0.3) is 11.6 Å². The molecule has 0 spiro atoms. The smallest absolute Gasteiger partial charge is 0.292 e. The standard InChI is InChI=1S/C13H8BrClN2O3/c14-9-5-8(6-10(15)7-9)13(18)16-11-3-1-2-4-12(11)17(19)20/h1-7H,(H,16,18). The lowest BCUT2D eigenvalue weighted by atomic mass is 10.2. The first-order valence-electron chi connectivity index (χ1n) is 5.48. The minimum Gasteiger partial charge on any atom is -0.316 e. The van der Waals surface area contributed by atoms with E-state index >= 15 is 0 Å². The molecule has 2 aromatic rings. The Morgan fingerprint density at radius 2 is 1.95 bits per heavy atom. The van der Waals surface area contributed by atoms with Gasteiger partial charge in [0.15, 0.2) is 0 Å². The Bertz CT molecular complexity index is 671. The molecule has 102 valence electrons. The van der Waals surface area contributed by atoms with Gasteiger partial charge in [0.05, 0.1) is 4.92 Å². The molecule has 0 bridgehead atoms. The van der Waals surface area contributed by atoms with Crippen LogP contribution in [0.3, 0.4) is 0 Å². The topological polar surface area (TPSA) is 72.2 Å². The zero-order chi connectivity index (χ0) is 14.7. The molecule has 0 radical (unpaired) electrons. The van der Waals surface area contributed by atoms with Gasteiger partial charge in [-0.2, -0.15) is 0 Å². The van der Waals surface area contributed by atoms with Crippen molar-refractivity contribution < 1.29 is 9.72 Å². The number of hydrogen-bond donors (Lipinski definition) is 1. The van der Waals surface area contributed by atoms with Crippen LogP contribution in [-0.4, -0.2) is 10.8 Å². The Balaban J connectivity index is 2.30. The number of nitro groups is 1. The van der Waals surface area contributed by atoms with E-state index in [0.29, 0.717) is 15.1 Å². The van der Waals surface area contributed by atoms with E-state index in [-0.39, 0.29) is 11.4 Å². The Morgan fingerprint density at radius 1 is 1.25 bits per heavy atom. The number of rotatable bonds is 3. The van der Waals surface area contributed by atoms with Gasteiger partial charge in [0.2, 0.25) is 0 Å². The summed E-state index contributed by atoms with van der Waals surface area (Å²) in [5, 5.41) is 13.8. The van der Waals surface area contributed by atoms with E-state index in [4.69, 9.17) is 11.6 Å². The van der Waals surface area contributed by atoms with Crippen LogP contribution in [0, 0.1) is 10.1 Å². The molecule has 0 aliphatic carbocycles. The molecular weight excluding hydrogens is 348 g/mol. The summed E-state index contributed by atoms with van der Waals surface area (Å²) in [7, 11) is 0. The summed E-state index contributed by atoms with van der Waals surface area (Å²) in [4.78, 5) is 22.4. The maximum absolute atomic E-state index is 12.1. The lowest BCUT2D eigenvalue weighted by molar-refractivity contribution is -0.383. The first-order valence-corrected chi connectivity index (χ1v) is 6.65. The Kier molecular flexibility index (Phi) is 4.36. The molecule has 1 amide bonds. The average molecular weight is 356 g/mol. The van der Waals surface area contributed by atoms with Crippen LogP contribution in [0.25, 0.3) is 0 Å². The van der Waals surface area contributed by atoms with Crippen LogP contribution >= 0.6 is 27.5 Å². The van der Waals surface area contributed by atoms with Crippen LogP contribution in [0.2, 0.25) is 5.02 Å². The summed E-state index contributed by atoms with van der Waals surface area (Å²) < 4.78 is 0.651. The molecule has 0 unspecified atom stereocenters. The number of anilines is 1. The molecule has 20 heavy (non-hydrogen) atoms. The third kappa shape index (κ3) is 3.34. The predicted octanol–water partition coefficient (Wildman–Crippen LogP) is 4.26. The summed E-state index contributed by atoms with van der Waals surface area (Å²) >= 11 is 9.09. The number of carbonyl (C=O) groups excluding carboxylic acids is 1. The fraction of sp³-hybridized carbons (Fsp3) is 0. The van der Waals surface area contributed by atoms with Crippen molar-refractivity contribution in [2.24, 2.45) is 0 Å².